The van der Waals surface area contributed by atoms with E-state index >= 15 is 0 Å². The number of carbonyl (C=O) groups is 2. The molecule has 2 N–H and O–H groups in total. The fourth-order valence-electron chi connectivity index (χ4n) is 9.69. The summed E-state index contributed by atoms with van der Waals surface area (Å²) in [5, 5.41) is 21.9. The molecule has 5 heteroatoms. The van der Waals surface area contributed by atoms with Gasteiger partial charge in [-0.05, 0) is 78.4 Å². The summed E-state index contributed by atoms with van der Waals surface area (Å²) in [6, 6.07) is 0. The number of aliphatic hydroxyl groups is 2. The van der Waals surface area contributed by atoms with Crippen LogP contribution in [0.15, 0.2) is 0 Å². The van der Waals surface area contributed by atoms with Crippen molar-refractivity contribution in [3.63, 3.8) is 0 Å². The number of ketones is 2. The van der Waals surface area contributed by atoms with E-state index in [0.717, 1.165) is 25.7 Å². The normalized spacial score (nSPS) is 55.6. The summed E-state index contributed by atoms with van der Waals surface area (Å²) in [6.45, 7) is 10.8. The van der Waals surface area contributed by atoms with Gasteiger partial charge in [-0.15, -0.1) is 0 Å². The van der Waals surface area contributed by atoms with Crippen LogP contribution in [0.1, 0.15) is 79.6 Å². The highest BCUT2D eigenvalue weighted by atomic mass is 16.5. The van der Waals surface area contributed by atoms with E-state index in [0.29, 0.717) is 31.0 Å². The first-order valence-corrected chi connectivity index (χ1v) is 13.0. The minimum absolute atomic E-state index is 0.0265. The third kappa shape index (κ3) is 3.13. The highest BCUT2D eigenvalue weighted by molar-refractivity contribution is 5.84. The molecule has 1 aliphatic heterocycles. The Bertz CT molecular complexity index is 793. The van der Waals surface area contributed by atoms with Crippen LogP contribution in [0, 0.1) is 52.3 Å². The number of carbonyl (C=O) groups excluding carboxylic acids is 2. The second kappa shape index (κ2) is 7.61. The first-order valence-electron chi connectivity index (χ1n) is 13.0. The second-order valence-corrected chi connectivity index (χ2v) is 13.0. The summed E-state index contributed by atoms with van der Waals surface area (Å²) in [5.74, 6) is 1.62. The Morgan fingerprint density at radius 3 is 2.41 bits per heavy atom. The van der Waals surface area contributed by atoms with Gasteiger partial charge in [-0.2, -0.15) is 0 Å². The third-order valence-corrected chi connectivity index (χ3v) is 10.8. The average Bonchev–Trinajstić information content (AvgIpc) is 2.90. The molecule has 0 unspecified atom stereocenters. The summed E-state index contributed by atoms with van der Waals surface area (Å²) in [6.07, 6.45) is 3.64. The maximum absolute atomic E-state index is 13.4. The predicted molar refractivity (Wildman–Crippen MR) is 121 cm³/mol. The highest BCUT2D eigenvalue weighted by Crippen LogP contribution is 2.68. The molecule has 0 radical (unpaired) electrons. The lowest BCUT2D eigenvalue weighted by molar-refractivity contribution is -0.185. The minimum Gasteiger partial charge on any atom is -0.393 e. The van der Waals surface area contributed by atoms with Crippen LogP contribution in [-0.4, -0.2) is 46.2 Å². The Balaban J connectivity index is 1.51. The van der Waals surface area contributed by atoms with Crippen molar-refractivity contribution in [1.29, 1.82) is 0 Å². The number of rotatable bonds is 1. The van der Waals surface area contributed by atoms with Crippen molar-refractivity contribution in [2.24, 2.45) is 52.3 Å². The lowest BCUT2D eigenvalue weighted by atomic mass is 9.43. The van der Waals surface area contributed by atoms with Gasteiger partial charge in [0.1, 0.15) is 11.9 Å². The molecule has 0 amide bonds. The molecule has 5 aliphatic rings. The molecule has 1 heterocycles. The van der Waals surface area contributed by atoms with Crippen molar-refractivity contribution in [2.75, 3.05) is 0 Å². The molecule has 5 fully saturated rings. The Morgan fingerprint density at radius 2 is 1.72 bits per heavy atom. The smallest absolute Gasteiger partial charge is 0.162 e. The monoisotopic (exact) mass is 446 g/mol. The van der Waals surface area contributed by atoms with E-state index < -0.39 is 12.2 Å². The van der Waals surface area contributed by atoms with Crippen molar-refractivity contribution in [2.45, 2.75) is 104 Å². The third-order valence-electron chi connectivity index (χ3n) is 10.8. The zero-order valence-corrected chi connectivity index (χ0v) is 20.4. The van der Waals surface area contributed by atoms with Gasteiger partial charge in [0.25, 0.3) is 0 Å². The van der Waals surface area contributed by atoms with E-state index in [-0.39, 0.29) is 64.3 Å². The van der Waals surface area contributed by atoms with E-state index in [2.05, 4.69) is 34.6 Å². The minimum atomic E-state index is -0.442. The maximum Gasteiger partial charge on any atom is 0.162 e. The highest BCUT2D eigenvalue weighted by Gasteiger charge is 2.67. The zero-order chi connectivity index (χ0) is 23.2. The van der Waals surface area contributed by atoms with Crippen molar-refractivity contribution in [3.8, 4) is 0 Å². The van der Waals surface area contributed by atoms with Crippen LogP contribution in [0.4, 0.5) is 0 Å². The molecule has 4 saturated carbocycles. The quantitative estimate of drug-likeness (QED) is 0.640. The second-order valence-electron chi connectivity index (χ2n) is 13.0. The van der Waals surface area contributed by atoms with Crippen LogP contribution >= 0.6 is 0 Å². The molecule has 4 aliphatic carbocycles. The van der Waals surface area contributed by atoms with Gasteiger partial charge in [0.2, 0.25) is 0 Å². The summed E-state index contributed by atoms with van der Waals surface area (Å²) in [5.41, 5.74) is -0.345. The van der Waals surface area contributed by atoms with E-state index in [4.69, 9.17) is 4.74 Å². The number of ether oxygens (including phenoxy) is 1. The zero-order valence-electron chi connectivity index (χ0n) is 20.4. The molecular weight excluding hydrogens is 404 g/mol. The van der Waals surface area contributed by atoms with Gasteiger partial charge in [0, 0.05) is 18.8 Å². The molecule has 12 atom stereocenters. The molecule has 0 aromatic rings. The van der Waals surface area contributed by atoms with Gasteiger partial charge in [0.15, 0.2) is 5.78 Å². The van der Waals surface area contributed by atoms with Crippen LogP contribution in [0.5, 0.6) is 0 Å². The van der Waals surface area contributed by atoms with Crippen molar-refractivity contribution in [1.82, 2.24) is 0 Å². The van der Waals surface area contributed by atoms with E-state index in [1.165, 1.54) is 0 Å². The summed E-state index contributed by atoms with van der Waals surface area (Å²) in [7, 11) is 0. The molecule has 5 nitrogen and oxygen atoms in total. The van der Waals surface area contributed by atoms with Crippen LogP contribution in [0.2, 0.25) is 0 Å². The van der Waals surface area contributed by atoms with Crippen LogP contribution in [-0.2, 0) is 14.3 Å². The largest absolute Gasteiger partial charge is 0.393 e. The predicted octanol–water partition coefficient (Wildman–Crippen LogP) is 3.78. The van der Waals surface area contributed by atoms with Crippen LogP contribution < -0.4 is 0 Å². The Kier molecular flexibility index (Phi) is 5.47. The topological polar surface area (TPSA) is 83.8 Å². The van der Waals surface area contributed by atoms with E-state index in [9.17, 15) is 19.8 Å². The fraction of sp³-hybridized carbons (Fsp3) is 0.926. The number of fused-ring (bicyclic) bond motifs is 7. The van der Waals surface area contributed by atoms with Gasteiger partial charge < -0.3 is 14.9 Å². The molecule has 0 aromatic carbocycles. The molecule has 32 heavy (non-hydrogen) atoms. The van der Waals surface area contributed by atoms with E-state index in [1.54, 1.807) is 0 Å². The van der Waals surface area contributed by atoms with Gasteiger partial charge in [0.05, 0.1) is 18.3 Å². The Labute approximate surface area is 192 Å². The summed E-state index contributed by atoms with van der Waals surface area (Å²) in [4.78, 5) is 26.3. The first kappa shape index (κ1) is 23.0. The number of hydrogen-bond acceptors (Lipinski definition) is 5. The molecule has 0 spiro atoms. The van der Waals surface area contributed by atoms with Gasteiger partial charge in [-0.1, -0.05) is 34.6 Å². The van der Waals surface area contributed by atoms with E-state index in [1.807, 2.05) is 0 Å². The maximum atomic E-state index is 13.4. The Hall–Kier alpha value is -0.780. The Morgan fingerprint density at radius 1 is 1.00 bits per heavy atom. The molecule has 0 aromatic heterocycles. The van der Waals surface area contributed by atoms with Gasteiger partial charge >= 0.3 is 0 Å². The van der Waals surface area contributed by atoms with Crippen molar-refractivity contribution >= 4 is 11.6 Å². The number of aliphatic hydroxyl groups excluding tert-OH is 2. The molecule has 0 bridgehead atoms. The summed E-state index contributed by atoms with van der Waals surface area (Å²) >= 11 is 0. The standard InChI is InChI=1S/C27H42O5/c1-13(2)25-20(30)8-14(3)23-22(32-25)11-17-16-10-19(29)18-9-15(28)6-7-26(18,4)24(16)21(31)12-27(17,23)5/h13-18,21-25,28,31H,6-12H2,1-5H3/t14-,15+,16+,17-,18-,21-,22+,23-,24-,25-,26+,27+/m1/s1. The fourth-order valence-corrected chi connectivity index (χ4v) is 9.69. The molecule has 1 saturated heterocycles. The molecular formula is C27H42O5. The number of hydrogen-bond donors (Lipinski definition) is 2. The van der Waals surface area contributed by atoms with Gasteiger partial charge in [-0.3, -0.25) is 9.59 Å². The van der Waals surface area contributed by atoms with Crippen LogP contribution in [0.25, 0.3) is 0 Å². The lowest BCUT2D eigenvalue weighted by Gasteiger charge is -2.61. The summed E-state index contributed by atoms with van der Waals surface area (Å²) < 4.78 is 6.58. The first-order chi connectivity index (χ1) is 15.0. The SMILES string of the molecule is CC(C)[C@H]1O[C@H]2C[C@@H]3[C@@H]4CC(=O)[C@H]5C[C@@H](O)CC[C@]5(C)[C@H]4[C@H](O)C[C@]3(C)[C@@H]2[C@H](C)CC1=O. The average molecular weight is 447 g/mol. The molecule has 5 rings (SSSR count). The van der Waals surface area contributed by atoms with Gasteiger partial charge in [-0.25, -0.2) is 0 Å². The number of Topliss-reactive ketones (excluding diaryl/α,β-unsaturated/α-hetero) is 2. The van der Waals surface area contributed by atoms with Crippen LogP contribution in [0.3, 0.4) is 0 Å². The lowest BCUT2D eigenvalue weighted by Crippen LogP contribution is -2.61. The molecule has 180 valence electrons. The van der Waals surface area contributed by atoms with Crippen molar-refractivity contribution in [3.05, 3.63) is 0 Å². The van der Waals surface area contributed by atoms with Crippen molar-refractivity contribution < 1.29 is 24.5 Å².